The van der Waals surface area contributed by atoms with Gasteiger partial charge in [-0.3, -0.25) is 5.32 Å². The summed E-state index contributed by atoms with van der Waals surface area (Å²) in [5.74, 6) is 1.39. The first-order valence-electron chi connectivity index (χ1n) is 7.55. The molecule has 0 aliphatic heterocycles. The van der Waals surface area contributed by atoms with Gasteiger partial charge in [0.1, 0.15) is 5.82 Å². The maximum atomic E-state index is 12.1. The number of nitrogens with one attached hydrogen (secondary N) is 2. The molecule has 24 heavy (non-hydrogen) atoms. The zero-order valence-electron chi connectivity index (χ0n) is 13.4. The van der Waals surface area contributed by atoms with Gasteiger partial charge in [-0.25, -0.2) is 14.8 Å². The van der Waals surface area contributed by atoms with E-state index in [1.165, 1.54) is 0 Å². The molecule has 3 aromatic heterocycles. The Morgan fingerprint density at radius 2 is 2.17 bits per heavy atom. The number of anilines is 1. The van der Waals surface area contributed by atoms with Gasteiger partial charge >= 0.3 is 6.03 Å². The smallest absolute Gasteiger partial charge is 0.320 e. The maximum Gasteiger partial charge on any atom is 0.320 e. The lowest BCUT2D eigenvalue weighted by molar-refractivity contribution is 0.251. The molecule has 1 atom stereocenters. The van der Waals surface area contributed by atoms with Gasteiger partial charge in [0.25, 0.3) is 0 Å². The molecule has 0 saturated carbocycles. The fraction of sp³-hybridized carbons (Fsp3) is 0.250. The molecule has 124 valence electrons. The molecule has 0 bridgehead atoms. The predicted octanol–water partition coefficient (Wildman–Crippen LogP) is 2.96. The monoisotopic (exact) mass is 342 g/mol. The van der Waals surface area contributed by atoms with E-state index in [0.717, 1.165) is 10.6 Å². The highest BCUT2D eigenvalue weighted by molar-refractivity contribution is 7.09. The van der Waals surface area contributed by atoms with E-state index in [-0.39, 0.29) is 11.9 Å². The number of rotatable bonds is 5. The van der Waals surface area contributed by atoms with Crippen LogP contribution in [-0.4, -0.2) is 32.3 Å². The van der Waals surface area contributed by atoms with Gasteiger partial charge in [-0.1, -0.05) is 6.92 Å². The Hall–Kier alpha value is -2.74. The van der Waals surface area contributed by atoms with Crippen molar-refractivity contribution in [2.75, 3.05) is 11.9 Å². The highest BCUT2D eigenvalue weighted by Crippen LogP contribution is 2.17. The average Bonchev–Trinajstić information content (AvgIpc) is 3.24. The second-order valence-corrected chi connectivity index (χ2v) is 6.35. The van der Waals surface area contributed by atoms with Crippen molar-refractivity contribution in [1.29, 1.82) is 0 Å². The summed E-state index contributed by atoms with van der Waals surface area (Å²) in [4.78, 5) is 20.7. The molecule has 0 aliphatic rings. The van der Waals surface area contributed by atoms with Gasteiger partial charge in [0.05, 0.1) is 11.2 Å². The molecule has 3 rings (SSSR count). The summed E-state index contributed by atoms with van der Waals surface area (Å²) in [6, 6.07) is 5.26. The quantitative estimate of drug-likeness (QED) is 0.746. The molecule has 0 unspecified atom stereocenters. The number of amides is 2. The first-order chi connectivity index (χ1) is 11.6. The molecule has 3 heterocycles. The number of hydrogen-bond donors (Lipinski definition) is 2. The van der Waals surface area contributed by atoms with Crippen molar-refractivity contribution in [1.82, 2.24) is 25.1 Å². The Labute approximate surface area is 143 Å². The highest BCUT2D eigenvalue weighted by atomic mass is 32.1. The third kappa shape index (κ3) is 3.77. The average molecular weight is 342 g/mol. The van der Waals surface area contributed by atoms with Crippen molar-refractivity contribution in [3.8, 4) is 5.82 Å². The van der Waals surface area contributed by atoms with Crippen LogP contribution in [0.3, 0.4) is 0 Å². The van der Waals surface area contributed by atoms with Crippen molar-refractivity contribution in [3.63, 3.8) is 0 Å². The van der Waals surface area contributed by atoms with Crippen molar-refractivity contribution >= 4 is 23.2 Å². The van der Waals surface area contributed by atoms with Gasteiger partial charge in [-0.2, -0.15) is 9.78 Å². The number of nitrogens with zero attached hydrogens (tertiary/aromatic N) is 4. The van der Waals surface area contributed by atoms with Gasteiger partial charge in [-0.15, -0.1) is 11.3 Å². The number of carbonyl (C=O) groups excluding carboxylic acids is 1. The molecule has 7 nitrogen and oxygen atoms in total. The Morgan fingerprint density at radius 3 is 2.92 bits per heavy atom. The van der Waals surface area contributed by atoms with Crippen molar-refractivity contribution in [3.05, 3.63) is 52.7 Å². The lowest BCUT2D eigenvalue weighted by atomic mass is 10.2. The Balaban J connectivity index is 1.62. The number of aromatic nitrogens is 4. The third-order valence-electron chi connectivity index (χ3n) is 3.44. The van der Waals surface area contributed by atoms with Crippen molar-refractivity contribution in [2.24, 2.45) is 0 Å². The lowest BCUT2D eigenvalue weighted by Gasteiger charge is -2.12. The zero-order chi connectivity index (χ0) is 16.9. The normalized spacial score (nSPS) is 11.9. The fourth-order valence-corrected chi connectivity index (χ4v) is 2.89. The third-order valence-corrected chi connectivity index (χ3v) is 4.45. The minimum absolute atomic E-state index is 0.166. The number of pyridine rings is 1. The summed E-state index contributed by atoms with van der Waals surface area (Å²) in [7, 11) is 0. The Bertz CT molecular complexity index is 814. The molecule has 2 N–H and O–H groups in total. The van der Waals surface area contributed by atoms with Gasteiger partial charge in [0.2, 0.25) is 0 Å². The minimum atomic E-state index is -0.284. The Kier molecular flexibility index (Phi) is 4.85. The molecule has 0 saturated heterocycles. The van der Waals surface area contributed by atoms with Gasteiger partial charge in [-0.05, 0) is 24.6 Å². The standard InChI is InChI=1S/C16H18N6OS/c1-11-3-5-17-14(9-11)22-13(4-6-20-22)21-16(23)19-10-12(2)15-18-7-8-24-15/h3-9,12H,10H2,1-2H3,(H2,19,21,23)/t12-/m0/s1. The molecular weight excluding hydrogens is 324 g/mol. The van der Waals surface area contributed by atoms with E-state index in [1.54, 1.807) is 40.7 Å². The second kappa shape index (κ2) is 7.22. The van der Waals surface area contributed by atoms with Crippen LogP contribution in [0.15, 0.2) is 42.2 Å². The minimum Gasteiger partial charge on any atom is -0.337 e. The number of carbonyl (C=O) groups is 1. The first kappa shape index (κ1) is 16.1. The van der Waals surface area contributed by atoms with Gasteiger partial charge < -0.3 is 5.32 Å². The van der Waals surface area contributed by atoms with E-state index >= 15 is 0 Å². The van der Waals surface area contributed by atoms with Crippen LogP contribution in [0, 0.1) is 6.92 Å². The molecule has 0 radical (unpaired) electrons. The Morgan fingerprint density at radius 1 is 1.29 bits per heavy atom. The fourth-order valence-electron chi connectivity index (χ4n) is 2.19. The van der Waals surface area contributed by atoms with Gasteiger partial charge in [0, 0.05) is 36.3 Å². The molecule has 0 fully saturated rings. The molecular formula is C16H18N6OS. The zero-order valence-corrected chi connectivity index (χ0v) is 14.2. The summed E-state index contributed by atoms with van der Waals surface area (Å²) in [6.45, 7) is 4.52. The first-order valence-corrected chi connectivity index (χ1v) is 8.43. The van der Waals surface area contributed by atoms with Crippen molar-refractivity contribution in [2.45, 2.75) is 19.8 Å². The molecule has 3 aromatic rings. The largest absolute Gasteiger partial charge is 0.337 e. The van der Waals surface area contributed by atoms with E-state index in [1.807, 2.05) is 31.4 Å². The lowest BCUT2D eigenvalue weighted by Crippen LogP contribution is -2.32. The van der Waals surface area contributed by atoms with E-state index in [2.05, 4.69) is 25.7 Å². The summed E-state index contributed by atoms with van der Waals surface area (Å²) in [6.07, 6.45) is 5.10. The maximum absolute atomic E-state index is 12.1. The molecule has 2 amide bonds. The number of hydrogen-bond acceptors (Lipinski definition) is 5. The molecule has 0 aliphatic carbocycles. The number of aryl methyl sites for hydroxylation is 1. The summed E-state index contributed by atoms with van der Waals surface area (Å²) < 4.78 is 1.59. The van der Waals surface area contributed by atoms with Crippen LogP contribution in [0.1, 0.15) is 23.4 Å². The van der Waals surface area contributed by atoms with E-state index in [9.17, 15) is 4.79 Å². The highest BCUT2D eigenvalue weighted by Gasteiger charge is 2.12. The summed E-state index contributed by atoms with van der Waals surface area (Å²) in [5.41, 5.74) is 1.07. The topological polar surface area (TPSA) is 84.7 Å². The van der Waals surface area contributed by atoms with Crippen LogP contribution in [0.4, 0.5) is 10.6 Å². The van der Waals surface area contributed by atoms with Crippen molar-refractivity contribution < 1.29 is 4.79 Å². The van der Waals surface area contributed by atoms with Crippen LogP contribution in [0.5, 0.6) is 0 Å². The number of thiazole rings is 1. The van der Waals surface area contributed by atoms with Crippen LogP contribution in [-0.2, 0) is 0 Å². The summed E-state index contributed by atoms with van der Waals surface area (Å²) >= 11 is 1.58. The molecule has 0 aromatic carbocycles. The number of urea groups is 1. The van der Waals surface area contributed by atoms with E-state index < -0.39 is 0 Å². The SMILES string of the molecule is Cc1ccnc(-n2nccc2NC(=O)NC[C@H](C)c2nccs2)c1. The van der Waals surface area contributed by atoms with E-state index in [0.29, 0.717) is 18.2 Å². The van der Waals surface area contributed by atoms with Crippen LogP contribution in [0.25, 0.3) is 5.82 Å². The second-order valence-electron chi connectivity index (χ2n) is 5.43. The van der Waals surface area contributed by atoms with Crippen LogP contribution in [0.2, 0.25) is 0 Å². The molecule has 8 heteroatoms. The van der Waals surface area contributed by atoms with E-state index in [4.69, 9.17) is 0 Å². The van der Waals surface area contributed by atoms with Crippen LogP contribution >= 0.6 is 11.3 Å². The molecule has 0 spiro atoms. The van der Waals surface area contributed by atoms with Gasteiger partial charge in [0.15, 0.2) is 5.82 Å². The predicted molar refractivity (Wildman–Crippen MR) is 93.6 cm³/mol. The van der Waals surface area contributed by atoms with Crippen LogP contribution < -0.4 is 10.6 Å². The summed E-state index contributed by atoms with van der Waals surface area (Å²) in [5, 5.41) is 12.8.